The van der Waals surface area contributed by atoms with Gasteiger partial charge in [0.15, 0.2) is 5.96 Å². The molecule has 6 heteroatoms. The molecule has 0 saturated carbocycles. The molecule has 0 spiro atoms. The molecule has 1 unspecified atom stereocenters. The third-order valence-electron chi connectivity index (χ3n) is 4.62. The summed E-state index contributed by atoms with van der Waals surface area (Å²) >= 11 is 0. The van der Waals surface area contributed by atoms with E-state index in [0.29, 0.717) is 25.5 Å². The van der Waals surface area contributed by atoms with Crippen LogP contribution in [0.25, 0.3) is 0 Å². The molecular weight excluding hydrogens is 487 g/mol. The summed E-state index contributed by atoms with van der Waals surface area (Å²) in [6.07, 6.45) is 2.49. The molecule has 5 nitrogen and oxygen atoms in total. The molecule has 0 aliphatic rings. The van der Waals surface area contributed by atoms with Gasteiger partial charge in [-0.25, -0.2) is 4.99 Å². The molecule has 1 heterocycles. The number of aliphatic hydroxyl groups is 1. The molecule has 1 aromatic heterocycles. The van der Waals surface area contributed by atoms with Crippen LogP contribution in [0.5, 0.6) is 0 Å². The van der Waals surface area contributed by atoms with Gasteiger partial charge in [0.1, 0.15) is 0 Å². The summed E-state index contributed by atoms with van der Waals surface area (Å²) in [6, 6.07) is 24.2. The minimum atomic E-state index is 0. The van der Waals surface area contributed by atoms with Crippen LogP contribution >= 0.6 is 24.0 Å². The summed E-state index contributed by atoms with van der Waals surface area (Å²) in [5, 5.41) is 16.5. The number of guanidine groups is 1. The number of nitrogens with zero attached hydrogens (tertiary/aromatic N) is 2. The van der Waals surface area contributed by atoms with E-state index in [2.05, 4.69) is 46.8 Å². The van der Waals surface area contributed by atoms with Gasteiger partial charge in [0.05, 0.1) is 6.54 Å². The zero-order chi connectivity index (χ0) is 20.3. The Balaban J connectivity index is 0.00000320. The Kier molecular flexibility index (Phi) is 10.3. The summed E-state index contributed by atoms with van der Waals surface area (Å²) in [7, 11) is 0. The van der Waals surface area contributed by atoms with Crippen molar-refractivity contribution in [3.05, 3.63) is 95.8 Å². The van der Waals surface area contributed by atoms with Gasteiger partial charge in [-0.3, -0.25) is 4.98 Å². The van der Waals surface area contributed by atoms with E-state index in [9.17, 15) is 5.11 Å². The molecule has 0 aliphatic heterocycles. The number of rotatable bonds is 8. The van der Waals surface area contributed by atoms with Gasteiger partial charge in [0.2, 0.25) is 0 Å². The number of aromatic nitrogens is 1. The van der Waals surface area contributed by atoms with E-state index in [0.717, 1.165) is 16.9 Å². The number of nitrogens with one attached hydrogen (secondary N) is 2. The van der Waals surface area contributed by atoms with E-state index in [-0.39, 0.29) is 36.5 Å². The fourth-order valence-electron chi connectivity index (χ4n) is 2.92. The SMILES string of the molecule is Cc1ccc(CN=C(NCC(CO)Cc2ccccn2)Nc2ccccc2)cc1.I. The van der Waals surface area contributed by atoms with E-state index in [1.165, 1.54) is 5.56 Å². The Labute approximate surface area is 195 Å². The molecule has 2 aromatic carbocycles. The highest BCUT2D eigenvalue weighted by molar-refractivity contribution is 14.0. The second-order valence-corrected chi connectivity index (χ2v) is 7.10. The van der Waals surface area contributed by atoms with Gasteiger partial charge in [0.25, 0.3) is 0 Å². The first-order chi connectivity index (χ1) is 14.2. The first kappa shape index (κ1) is 23.8. The molecule has 3 rings (SSSR count). The number of aliphatic hydroxyl groups excluding tert-OH is 1. The summed E-state index contributed by atoms with van der Waals surface area (Å²) in [5.74, 6) is 0.739. The monoisotopic (exact) mass is 516 g/mol. The minimum absolute atomic E-state index is 0. The van der Waals surface area contributed by atoms with Crippen molar-refractivity contribution in [3.8, 4) is 0 Å². The minimum Gasteiger partial charge on any atom is -0.396 e. The van der Waals surface area contributed by atoms with Crippen molar-refractivity contribution in [1.82, 2.24) is 10.3 Å². The maximum atomic E-state index is 9.80. The number of anilines is 1. The number of para-hydroxylation sites is 1. The third kappa shape index (κ3) is 8.12. The predicted molar refractivity (Wildman–Crippen MR) is 134 cm³/mol. The van der Waals surface area contributed by atoms with Crippen LogP contribution in [0.4, 0.5) is 5.69 Å². The van der Waals surface area contributed by atoms with Gasteiger partial charge in [0, 0.05) is 36.6 Å². The zero-order valence-corrected chi connectivity index (χ0v) is 19.5. The Morgan fingerprint density at radius 3 is 2.40 bits per heavy atom. The maximum Gasteiger partial charge on any atom is 0.196 e. The normalized spacial score (nSPS) is 12.0. The second kappa shape index (κ2) is 13.0. The lowest BCUT2D eigenvalue weighted by Crippen LogP contribution is -2.36. The first-order valence-electron chi connectivity index (χ1n) is 9.89. The highest BCUT2D eigenvalue weighted by Crippen LogP contribution is 2.09. The van der Waals surface area contributed by atoms with Gasteiger partial charge in [-0.2, -0.15) is 0 Å². The predicted octanol–water partition coefficient (Wildman–Crippen LogP) is 4.42. The van der Waals surface area contributed by atoms with E-state index >= 15 is 0 Å². The van der Waals surface area contributed by atoms with E-state index in [1.54, 1.807) is 6.20 Å². The summed E-state index contributed by atoms with van der Waals surface area (Å²) in [5.41, 5.74) is 4.33. The number of hydrogen-bond acceptors (Lipinski definition) is 3. The summed E-state index contributed by atoms with van der Waals surface area (Å²) in [6.45, 7) is 3.33. The fourth-order valence-corrected chi connectivity index (χ4v) is 2.92. The number of aryl methyl sites for hydroxylation is 1. The van der Waals surface area contributed by atoms with Crippen LogP contribution in [0.3, 0.4) is 0 Å². The van der Waals surface area contributed by atoms with Crippen molar-refractivity contribution in [2.75, 3.05) is 18.5 Å². The first-order valence-corrected chi connectivity index (χ1v) is 9.89. The van der Waals surface area contributed by atoms with Gasteiger partial charge in [-0.15, -0.1) is 24.0 Å². The molecule has 0 bridgehead atoms. The van der Waals surface area contributed by atoms with Gasteiger partial charge in [-0.1, -0.05) is 54.1 Å². The van der Waals surface area contributed by atoms with Crippen LogP contribution in [-0.4, -0.2) is 29.2 Å². The van der Waals surface area contributed by atoms with E-state index in [4.69, 9.17) is 4.99 Å². The van der Waals surface area contributed by atoms with Gasteiger partial charge >= 0.3 is 0 Å². The smallest absolute Gasteiger partial charge is 0.196 e. The lowest BCUT2D eigenvalue weighted by Gasteiger charge is -2.18. The van der Waals surface area contributed by atoms with E-state index < -0.39 is 0 Å². The van der Waals surface area contributed by atoms with Crippen molar-refractivity contribution < 1.29 is 5.11 Å². The molecule has 0 fully saturated rings. The Morgan fingerprint density at radius 2 is 1.73 bits per heavy atom. The average molecular weight is 516 g/mol. The van der Waals surface area contributed by atoms with Crippen molar-refractivity contribution >= 4 is 35.6 Å². The quantitative estimate of drug-likeness (QED) is 0.236. The van der Waals surface area contributed by atoms with Crippen LogP contribution in [-0.2, 0) is 13.0 Å². The molecule has 3 aromatic rings. The van der Waals surface area contributed by atoms with E-state index in [1.807, 2.05) is 48.5 Å². The number of aliphatic imine (C=N–C) groups is 1. The van der Waals surface area contributed by atoms with Crippen molar-refractivity contribution in [3.63, 3.8) is 0 Å². The fraction of sp³-hybridized carbons (Fsp3) is 0.250. The number of pyridine rings is 1. The number of halogens is 1. The van der Waals surface area contributed by atoms with Crippen LogP contribution < -0.4 is 10.6 Å². The van der Waals surface area contributed by atoms with Crippen molar-refractivity contribution in [2.24, 2.45) is 10.9 Å². The second-order valence-electron chi connectivity index (χ2n) is 7.10. The molecule has 0 saturated heterocycles. The average Bonchev–Trinajstić information content (AvgIpc) is 2.77. The molecule has 3 N–H and O–H groups in total. The number of hydrogen-bond donors (Lipinski definition) is 3. The maximum absolute atomic E-state index is 9.80. The highest BCUT2D eigenvalue weighted by Gasteiger charge is 2.11. The number of benzene rings is 2. The van der Waals surface area contributed by atoms with Crippen LogP contribution in [0.1, 0.15) is 16.8 Å². The molecule has 0 radical (unpaired) electrons. The Hall–Kier alpha value is -2.45. The summed E-state index contributed by atoms with van der Waals surface area (Å²) < 4.78 is 0. The Bertz CT molecular complexity index is 886. The third-order valence-corrected chi connectivity index (χ3v) is 4.62. The molecule has 1 atom stereocenters. The Morgan fingerprint density at radius 1 is 1.00 bits per heavy atom. The van der Waals surface area contributed by atoms with Gasteiger partial charge < -0.3 is 15.7 Å². The molecular formula is C24H29IN4O. The molecule has 158 valence electrons. The van der Waals surface area contributed by atoms with Crippen LogP contribution in [0, 0.1) is 12.8 Å². The summed E-state index contributed by atoms with van der Waals surface area (Å²) in [4.78, 5) is 9.09. The largest absolute Gasteiger partial charge is 0.396 e. The lowest BCUT2D eigenvalue weighted by molar-refractivity contribution is 0.225. The lowest BCUT2D eigenvalue weighted by atomic mass is 10.0. The zero-order valence-electron chi connectivity index (χ0n) is 17.2. The van der Waals surface area contributed by atoms with Crippen molar-refractivity contribution in [2.45, 2.75) is 19.9 Å². The van der Waals surface area contributed by atoms with Gasteiger partial charge in [-0.05, 0) is 43.2 Å². The molecule has 0 aliphatic carbocycles. The van der Waals surface area contributed by atoms with Crippen LogP contribution in [0.15, 0.2) is 84.0 Å². The highest BCUT2D eigenvalue weighted by atomic mass is 127. The van der Waals surface area contributed by atoms with Crippen molar-refractivity contribution in [1.29, 1.82) is 0 Å². The standard InChI is InChI=1S/C24H28N4O.HI/c1-19-10-12-20(13-11-19)16-26-24(28-22-7-3-2-4-8-22)27-17-21(18-29)15-23-9-5-6-14-25-23;/h2-14,21,29H,15-18H2,1H3,(H2,26,27,28);1H. The molecule has 30 heavy (non-hydrogen) atoms. The van der Waals surface area contributed by atoms with Crippen LogP contribution in [0.2, 0.25) is 0 Å². The topological polar surface area (TPSA) is 69.5 Å². The molecule has 0 amide bonds.